The summed E-state index contributed by atoms with van der Waals surface area (Å²) in [6.07, 6.45) is 21.9. The van der Waals surface area contributed by atoms with Crippen molar-refractivity contribution >= 4 is 11.9 Å². The van der Waals surface area contributed by atoms with Crippen LogP contribution in [-0.4, -0.2) is 25.2 Å². The molecule has 0 N–H and O–H groups in total. The van der Waals surface area contributed by atoms with E-state index in [9.17, 15) is 9.59 Å². The van der Waals surface area contributed by atoms with Crippen molar-refractivity contribution in [3.05, 3.63) is 69.9 Å². The van der Waals surface area contributed by atoms with Crippen LogP contribution in [0.3, 0.4) is 0 Å². The van der Waals surface area contributed by atoms with Crippen molar-refractivity contribution in [2.75, 3.05) is 13.2 Å². The van der Waals surface area contributed by atoms with Gasteiger partial charge < -0.3 is 9.47 Å². The Labute approximate surface area is 234 Å². The summed E-state index contributed by atoms with van der Waals surface area (Å²) in [5.41, 5.74) is 8.22. The van der Waals surface area contributed by atoms with Gasteiger partial charge in [0.05, 0.1) is 0 Å². The molecule has 0 aliphatic heterocycles. The van der Waals surface area contributed by atoms with E-state index >= 15 is 0 Å². The summed E-state index contributed by atoms with van der Waals surface area (Å²) in [6, 6.07) is 0. The van der Waals surface area contributed by atoms with E-state index in [1.165, 1.54) is 47.3 Å². The minimum absolute atomic E-state index is 0.223. The maximum Gasteiger partial charge on any atom is 0.302 e. The Morgan fingerprint density at radius 2 is 0.684 bits per heavy atom. The smallest absolute Gasteiger partial charge is 0.302 e. The molecule has 4 nitrogen and oxygen atoms in total. The molecule has 0 aromatic rings. The first-order valence-corrected chi connectivity index (χ1v) is 14.0. The van der Waals surface area contributed by atoms with Gasteiger partial charge in [-0.05, 0) is 119 Å². The van der Waals surface area contributed by atoms with Gasteiger partial charge in [-0.25, -0.2) is 0 Å². The van der Waals surface area contributed by atoms with E-state index in [0.29, 0.717) is 13.2 Å². The summed E-state index contributed by atoms with van der Waals surface area (Å²) < 4.78 is 9.76. The van der Waals surface area contributed by atoms with E-state index in [0.717, 1.165) is 51.4 Å². The molecular weight excluding hydrogens is 472 g/mol. The van der Waals surface area contributed by atoms with Gasteiger partial charge in [0.15, 0.2) is 0 Å². The monoisotopic (exact) mass is 528 g/mol. The molecule has 0 amide bonds. The molecular formula is C34H56O4. The predicted molar refractivity (Wildman–Crippen MR) is 164 cm³/mol. The third-order valence-electron chi connectivity index (χ3n) is 5.68. The van der Waals surface area contributed by atoms with Crippen molar-refractivity contribution in [2.45, 2.75) is 121 Å². The number of carbonyl (C=O) groups excluding carboxylic acids is 2. The fourth-order valence-electron chi connectivity index (χ4n) is 3.28. The zero-order valence-corrected chi connectivity index (χ0v) is 26.2. The number of ether oxygens (including phenoxy) is 2. The van der Waals surface area contributed by atoms with Crippen molar-refractivity contribution in [1.82, 2.24) is 0 Å². The van der Waals surface area contributed by atoms with Gasteiger partial charge >= 0.3 is 11.9 Å². The van der Waals surface area contributed by atoms with Crippen molar-refractivity contribution in [3.63, 3.8) is 0 Å². The molecule has 0 saturated heterocycles. The Hall–Kier alpha value is -2.62. The topological polar surface area (TPSA) is 52.6 Å². The summed E-state index contributed by atoms with van der Waals surface area (Å²) in [4.78, 5) is 21.2. The normalized spacial score (nSPS) is 12.3. The van der Waals surface area contributed by atoms with Gasteiger partial charge in [-0.1, -0.05) is 57.7 Å². The first kappa shape index (κ1) is 37.5. The van der Waals surface area contributed by atoms with Crippen molar-refractivity contribution < 1.29 is 19.1 Å². The summed E-state index contributed by atoms with van der Waals surface area (Å²) in [5.74, 6) is -0.446. The Balaban J connectivity index is 0. The molecule has 0 aliphatic rings. The predicted octanol–water partition coefficient (Wildman–Crippen LogP) is 9.94. The van der Waals surface area contributed by atoms with Crippen LogP contribution in [0.2, 0.25) is 0 Å². The van der Waals surface area contributed by atoms with Crippen molar-refractivity contribution in [1.29, 1.82) is 0 Å². The van der Waals surface area contributed by atoms with E-state index in [4.69, 9.17) is 9.47 Å². The molecule has 0 aliphatic carbocycles. The number of esters is 2. The second-order valence-corrected chi connectivity index (χ2v) is 10.5. The molecule has 0 bridgehead atoms. The highest BCUT2D eigenvalue weighted by molar-refractivity contribution is 5.66. The molecule has 0 unspecified atom stereocenters. The molecule has 0 spiro atoms. The Morgan fingerprint density at radius 1 is 0.421 bits per heavy atom. The van der Waals surface area contributed by atoms with E-state index in [-0.39, 0.29) is 11.9 Å². The molecule has 0 radical (unpaired) electrons. The highest BCUT2D eigenvalue weighted by atomic mass is 16.5. The highest BCUT2D eigenvalue weighted by Crippen LogP contribution is 2.12. The molecule has 0 atom stereocenters. The average Bonchev–Trinajstić information content (AvgIpc) is 2.78. The van der Waals surface area contributed by atoms with Gasteiger partial charge in [0.25, 0.3) is 0 Å². The number of rotatable bonds is 16. The molecule has 0 heterocycles. The van der Waals surface area contributed by atoms with Crippen LogP contribution in [0.4, 0.5) is 0 Å². The fraction of sp³-hybridized carbons (Fsp3) is 0.588. The van der Waals surface area contributed by atoms with E-state index in [1.54, 1.807) is 0 Å². The van der Waals surface area contributed by atoms with Gasteiger partial charge in [0, 0.05) is 13.8 Å². The molecule has 0 saturated carbocycles. The lowest BCUT2D eigenvalue weighted by Gasteiger charge is -2.02. The Kier molecular flexibility index (Phi) is 24.4. The minimum atomic E-state index is -0.223. The molecule has 0 rings (SSSR count). The third-order valence-corrected chi connectivity index (χ3v) is 5.68. The van der Waals surface area contributed by atoms with Crippen LogP contribution in [0.15, 0.2) is 69.9 Å². The fourth-order valence-corrected chi connectivity index (χ4v) is 3.28. The maximum atomic E-state index is 10.6. The maximum absolute atomic E-state index is 10.6. The zero-order chi connectivity index (χ0) is 29.3. The summed E-state index contributed by atoms with van der Waals surface area (Å²) >= 11 is 0. The minimum Gasteiger partial charge on any atom is -0.462 e. The number of allylic oxidation sites excluding steroid dienone is 10. The van der Waals surface area contributed by atoms with Gasteiger partial charge in [-0.3, -0.25) is 9.59 Å². The number of hydrogen-bond donors (Lipinski definition) is 0. The lowest BCUT2D eigenvalue weighted by Crippen LogP contribution is -1.98. The zero-order valence-electron chi connectivity index (χ0n) is 26.2. The quantitative estimate of drug-likeness (QED) is 0.148. The Morgan fingerprint density at radius 3 is 0.947 bits per heavy atom. The molecule has 0 aromatic carbocycles. The molecule has 0 aromatic heterocycles. The van der Waals surface area contributed by atoms with Crippen LogP contribution in [0.25, 0.3) is 0 Å². The summed E-state index contributed by atoms with van der Waals surface area (Å²) in [6.45, 7) is 20.7. The van der Waals surface area contributed by atoms with Crippen LogP contribution in [-0.2, 0) is 19.1 Å². The van der Waals surface area contributed by atoms with Crippen LogP contribution < -0.4 is 0 Å². The number of carbonyl (C=O) groups is 2. The standard InChI is InChI=1S/2C17H28O2/c2*1-14(2)8-6-9-15(3)10-7-11-16(4)12-13-19-17(5)18/h2*8,10,12H,6-7,9,11,13H2,1-5H3. The second-order valence-electron chi connectivity index (χ2n) is 10.5. The number of hydrogen-bond acceptors (Lipinski definition) is 4. The summed E-state index contributed by atoms with van der Waals surface area (Å²) in [5, 5.41) is 0. The van der Waals surface area contributed by atoms with E-state index < -0.39 is 0 Å². The molecule has 216 valence electrons. The molecule has 0 fully saturated rings. The Bertz CT molecular complexity index is 783. The van der Waals surface area contributed by atoms with Crippen molar-refractivity contribution in [2.24, 2.45) is 0 Å². The van der Waals surface area contributed by atoms with Gasteiger partial charge in [-0.15, -0.1) is 0 Å². The SMILES string of the molecule is CC(=O)OCC=C(C)CCC=C(C)CCC=C(C)C.CC(=O)OCC=C(C)CCC=C(C)CCC=C(C)C. The lowest BCUT2D eigenvalue weighted by molar-refractivity contribution is -0.140. The van der Waals surface area contributed by atoms with Crippen LogP contribution >= 0.6 is 0 Å². The van der Waals surface area contributed by atoms with Crippen LogP contribution in [0, 0.1) is 0 Å². The molecule has 38 heavy (non-hydrogen) atoms. The first-order valence-electron chi connectivity index (χ1n) is 14.0. The van der Waals surface area contributed by atoms with Gasteiger partial charge in [0.2, 0.25) is 0 Å². The molecule has 4 heteroatoms. The average molecular weight is 529 g/mol. The summed E-state index contributed by atoms with van der Waals surface area (Å²) in [7, 11) is 0. The highest BCUT2D eigenvalue weighted by Gasteiger charge is 1.95. The van der Waals surface area contributed by atoms with Gasteiger partial charge in [0.1, 0.15) is 13.2 Å². The van der Waals surface area contributed by atoms with Crippen LogP contribution in [0.1, 0.15) is 121 Å². The van der Waals surface area contributed by atoms with Crippen LogP contribution in [0.5, 0.6) is 0 Å². The first-order chi connectivity index (χ1) is 17.8. The third kappa shape index (κ3) is 31.4. The van der Waals surface area contributed by atoms with E-state index in [2.05, 4.69) is 79.7 Å². The van der Waals surface area contributed by atoms with Gasteiger partial charge in [-0.2, -0.15) is 0 Å². The second kappa shape index (κ2) is 24.7. The van der Waals surface area contributed by atoms with Crippen molar-refractivity contribution in [3.8, 4) is 0 Å². The largest absolute Gasteiger partial charge is 0.462 e. The lowest BCUT2D eigenvalue weighted by atomic mass is 10.1. The van der Waals surface area contributed by atoms with E-state index in [1.807, 2.05) is 12.2 Å².